The molecule has 172 valence electrons. The number of rotatable bonds is 8. The molecule has 2 aromatic carbocycles. The minimum Gasteiger partial charge on any atom is -0.352 e. The van der Waals surface area contributed by atoms with E-state index < -0.39 is 0 Å². The maximum absolute atomic E-state index is 12.4. The van der Waals surface area contributed by atoms with E-state index in [1.165, 1.54) is 0 Å². The molecule has 2 unspecified atom stereocenters. The smallest absolute Gasteiger partial charge is 0.257 e. The van der Waals surface area contributed by atoms with E-state index in [-0.39, 0.29) is 11.8 Å². The first-order chi connectivity index (χ1) is 16.0. The molecule has 1 aliphatic heterocycles. The predicted octanol–water partition coefficient (Wildman–Crippen LogP) is 1.89. The lowest BCUT2D eigenvalue weighted by atomic mass is 10.0. The van der Waals surface area contributed by atoms with Gasteiger partial charge in [0.25, 0.3) is 17.7 Å². The lowest BCUT2D eigenvalue weighted by molar-refractivity contribution is 0.0795. The van der Waals surface area contributed by atoms with Gasteiger partial charge in [0.15, 0.2) is 5.82 Å². The zero-order valence-corrected chi connectivity index (χ0v) is 18.7. The van der Waals surface area contributed by atoms with Gasteiger partial charge >= 0.3 is 0 Å². The molecule has 1 aromatic heterocycles. The number of amides is 2. The van der Waals surface area contributed by atoms with Crippen LogP contribution in [0.4, 0.5) is 0 Å². The van der Waals surface area contributed by atoms with E-state index in [9.17, 15) is 9.59 Å². The Morgan fingerprint density at radius 3 is 2.58 bits per heavy atom. The van der Waals surface area contributed by atoms with Gasteiger partial charge in [0.05, 0.1) is 0 Å². The molecule has 3 N–H and O–H groups in total. The van der Waals surface area contributed by atoms with Crippen LogP contribution >= 0.6 is 0 Å². The van der Waals surface area contributed by atoms with E-state index >= 15 is 0 Å². The minimum atomic E-state index is -0.113. The van der Waals surface area contributed by atoms with E-state index in [1.807, 2.05) is 18.2 Å². The molecule has 1 fully saturated rings. The lowest BCUT2D eigenvalue weighted by Crippen LogP contribution is -2.35. The van der Waals surface area contributed by atoms with Crippen LogP contribution in [0, 0.1) is 5.92 Å². The van der Waals surface area contributed by atoms with E-state index in [0.29, 0.717) is 54.3 Å². The molecule has 4 rings (SSSR count). The largest absolute Gasteiger partial charge is 0.352 e. The summed E-state index contributed by atoms with van der Waals surface area (Å²) in [6.45, 7) is 3.99. The Hall–Kier alpha value is -3.56. The van der Waals surface area contributed by atoms with Gasteiger partial charge in [0.2, 0.25) is 0 Å². The quantitative estimate of drug-likeness (QED) is 0.482. The summed E-state index contributed by atoms with van der Waals surface area (Å²) < 4.78 is 5.38. The number of carbonyl (C=O) groups is 2. The maximum Gasteiger partial charge on any atom is 0.257 e. The Kier molecular flexibility index (Phi) is 7.11. The van der Waals surface area contributed by atoms with Crippen molar-refractivity contribution in [3.63, 3.8) is 0 Å². The fraction of sp³-hybridized carbons (Fsp3) is 0.333. The third-order valence-corrected chi connectivity index (χ3v) is 5.83. The molecule has 9 heteroatoms. The average Bonchev–Trinajstić information content (AvgIpc) is 3.50. The predicted molar refractivity (Wildman–Crippen MR) is 123 cm³/mol. The highest BCUT2D eigenvalue weighted by Gasteiger charge is 2.23. The Labute approximate surface area is 192 Å². The Morgan fingerprint density at radius 2 is 1.88 bits per heavy atom. The maximum atomic E-state index is 12.4. The number of likely N-dealkylation sites (N-methyl/N-ethyl adjacent to an activating group) is 1. The highest BCUT2D eigenvalue weighted by atomic mass is 16.5. The van der Waals surface area contributed by atoms with Gasteiger partial charge in [-0.15, -0.1) is 0 Å². The van der Waals surface area contributed by atoms with Gasteiger partial charge in [0, 0.05) is 61.8 Å². The van der Waals surface area contributed by atoms with Crippen LogP contribution in [0.15, 0.2) is 59.1 Å². The van der Waals surface area contributed by atoms with Gasteiger partial charge in [-0.2, -0.15) is 4.98 Å². The summed E-state index contributed by atoms with van der Waals surface area (Å²) in [6, 6.07) is 16.5. The van der Waals surface area contributed by atoms with Gasteiger partial charge < -0.3 is 14.7 Å². The van der Waals surface area contributed by atoms with Crippen molar-refractivity contribution >= 4 is 11.8 Å². The number of hydrogen-bond acceptors (Lipinski definition) is 7. The summed E-state index contributed by atoms with van der Waals surface area (Å²) in [6.07, 6.45) is 0.475. The summed E-state index contributed by atoms with van der Waals surface area (Å²) in [5, 5.41) is 7.00. The zero-order chi connectivity index (χ0) is 23.2. The Balaban J connectivity index is 1.30. The molecule has 3 aromatic rings. The number of nitrogens with one attached hydrogen (secondary N) is 3. The first-order valence-electron chi connectivity index (χ1n) is 11.0. The normalized spacial score (nSPS) is 17.6. The molecule has 0 radical (unpaired) electrons. The minimum absolute atomic E-state index is 0.0527. The topological polar surface area (TPSA) is 112 Å². The van der Waals surface area contributed by atoms with Crippen molar-refractivity contribution in [3.05, 3.63) is 71.5 Å². The van der Waals surface area contributed by atoms with Crippen molar-refractivity contribution < 1.29 is 14.1 Å². The van der Waals surface area contributed by atoms with Gasteiger partial charge in [-0.3, -0.25) is 20.4 Å². The van der Waals surface area contributed by atoms with E-state index in [4.69, 9.17) is 4.52 Å². The molecule has 0 saturated carbocycles. The summed E-state index contributed by atoms with van der Waals surface area (Å²) in [7, 11) is 1.75. The van der Waals surface area contributed by atoms with Gasteiger partial charge in [-0.25, -0.2) is 0 Å². The molecular weight excluding hydrogens is 420 g/mol. The number of hydrazine groups is 1. The molecule has 1 saturated heterocycles. The third-order valence-electron chi connectivity index (χ3n) is 5.83. The monoisotopic (exact) mass is 448 g/mol. The second kappa shape index (κ2) is 10.4. The van der Waals surface area contributed by atoms with Crippen molar-refractivity contribution in [2.75, 3.05) is 26.7 Å². The SMILES string of the molecule is CC1NNCC1CNC(=O)c1ccc(-c2nc(CCN(C)C(=O)c3ccccc3)no2)cc1. The van der Waals surface area contributed by atoms with Gasteiger partial charge in [-0.1, -0.05) is 23.4 Å². The van der Waals surface area contributed by atoms with Gasteiger partial charge in [0.1, 0.15) is 0 Å². The molecule has 2 atom stereocenters. The van der Waals surface area contributed by atoms with E-state index in [2.05, 4.69) is 33.2 Å². The molecule has 2 heterocycles. The van der Waals surface area contributed by atoms with Gasteiger partial charge in [-0.05, 0) is 43.3 Å². The van der Waals surface area contributed by atoms with Crippen LogP contribution in [0.1, 0.15) is 33.5 Å². The van der Waals surface area contributed by atoms with Crippen molar-refractivity contribution in [2.24, 2.45) is 5.92 Å². The number of aromatic nitrogens is 2. The van der Waals surface area contributed by atoms with Crippen LogP contribution < -0.4 is 16.2 Å². The van der Waals surface area contributed by atoms with E-state index in [0.717, 1.165) is 12.1 Å². The third kappa shape index (κ3) is 5.63. The van der Waals surface area contributed by atoms with Crippen LogP contribution in [0.2, 0.25) is 0 Å². The highest BCUT2D eigenvalue weighted by molar-refractivity contribution is 5.94. The summed E-state index contributed by atoms with van der Waals surface area (Å²) in [5.41, 5.74) is 8.19. The second-order valence-corrected chi connectivity index (χ2v) is 8.22. The molecule has 0 aliphatic carbocycles. The molecule has 0 spiro atoms. The van der Waals surface area contributed by atoms with E-state index in [1.54, 1.807) is 48.3 Å². The van der Waals surface area contributed by atoms with Crippen LogP contribution in [0.25, 0.3) is 11.5 Å². The zero-order valence-electron chi connectivity index (χ0n) is 18.7. The van der Waals surface area contributed by atoms with Crippen molar-refractivity contribution in [1.29, 1.82) is 0 Å². The lowest BCUT2D eigenvalue weighted by Gasteiger charge is -2.15. The molecule has 9 nitrogen and oxygen atoms in total. The molecular formula is C24H28N6O3. The van der Waals surface area contributed by atoms with Crippen molar-refractivity contribution in [2.45, 2.75) is 19.4 Å². The molecule has 2 amide bonds. The Bertz CT molecular complexity index is 1080. The fourth-order valence-corrected chi connectivity index (χ4v) is 3.63. The summed E-state index contributed by atoms with van der Waals surface area (Å²) in [4.78, 5) is 30.9. The number of hydrogen-bond donors (Lipinski definition) is 3. The fourth-order valence-electron chi connectivity index (χ4n) is 3.63. The van der Waals surface area contributed by atoms with Crippen molar-refractivity contribution in [1.82, 2.24) is 31.2 Å². The number of nitrogens with zero attached hydrogens (tertiary/aromatic N) is 3. The highest BCUT2D eigenvalue weighted by Crippen LogP contribution is 2.18. The Morgan fingerprint density at radius 1 is 1.12 bits per heavy atom. The first-order valence-corrected chi connectivity index (χ1v) is 11.0. The first kappa shape index (κ1) is 22.6. The van der Waals surface area contributed by atoms with Crippen molar-refractivity contribution in [3.8, 4) is 11.5 Å². The standard InChI is InChI=1S/C24H28N6O3/c1-16-20(15-26-28-16)14-25-22(31)17-8-10-18(11-9-17)23-27-21(29-33-23)12-13-30(2)24(32)19-6-4-3-5-7-19/h3-11,16,20,26,28H,12-15H2,1-2H3,(H,25,31). The molecule has 0 bridgehead atoms. The van der Waals surface area contributed by atoms with Crippen LogP contribution in [-0.4, -0.2) is 59.6 Å². The number of benzene rings is 2. The summed E-state index contributed by atoms with van der Waals surface area (Å²) >= 11 is 0. The van der Waals surface area contributed by atoms with Crippen LogP contribution in [0.3, 0.4) is 0 Å². The average molecular weight is 449 g/mol. The summed E-state index contributed by atoms with van der Waals surface area (Å²) in [5.74, 6) is 1.09. The van der Waals surface area contributed by atoms with Crippen LogP contribution in [-0.2, 0) is 6.42 Å². The molecule has 33 heavy (non-hydrogen) atoms. The van der Waals surface area contributed by atoms with Crippen LogP contribution in [0.5, 0.6) is 0 Å². The number of carbonyl (C=O) groups excluding carboxylic acids is 2. The molecule has 1 aliphatic rings. The second-order valence-electron chi connectivity index (χ2n) is 8.22.